The summed E-state index contributed by atoms with van der Waals surface area (Å²) < 4.78 is 17.0. The highest BCUT2D eigenvalue weighted by Crippen LogP contribution is 2.28. The summed E-state index contributed by atoms with van der Waals surface area (Å²) in [7, 11) is 0. The lowest BCUT2D eigenvalue weighted by Gasteiger charge is -2.12. The summed E-state index contributed by atoms with van der Waals surface area (Å²) in [5, 5.41) is 13.0. The fraction of sp³-hybridized carbons (Fsp3) is 0.222. The number of hydrogen-bond donors (Lipinski definition) is 2. The molecule has 0 radical (unpaired) electrons. The Morgan fingerprint density at radius 1 is 0.886 bits per heavy atom. The van der Waals surface area contributed by atoms with Gasteiger partial charge in [-0.3, -0.25) is 4.79 Å². The van der Waals surface area contributed by atoms with E-state index in [1.165, 1.54) is 6.21 Å². The molecular weight excluding hydrogens is 448 g/mol. The number of carbonyl (C=O) groups is 2. The quantitative estimate of drug-likeness (QED) is 0.284. The van der Waals surface area contributed by atoms with Crippen molar-refractivity contribution in [1.82, 2.24) is 5.43 Å². The lowest BCUT2D eigenvalue weighted by Crippen LogP contribution is -2.17. The molecule has 0 atom stereocenters. The number of nitrogens with zero attached hydrogens (tertiary/aromatic N) is 1. The van der Waals surface area contributed by atoms with Crippen molar-refractivity contribution in [1.29, 1.82) is 0 Å². The first-order chi connectivity index (χ1) is 17.0. The number of amides is 1. The Balaban J connectivity index is 1.53. The minimum atomic E-state index is -0.962. The highest BCUT2D eigenvalue weighted by molar-refractivity contribution is 5.95. The summed E-state index contributed by atoms with van der Waals surface area (Å²) in [6, 6.07) is 18.8. The van der Waals surface area contributed by atoms with Crippen molar-refractivity contribution in [2.24, 2.45) is 5.10 Å². The van der Waals surface area contributed by atoms with Crippen molar-refractivity contribution in [2.75, 3.05) is 13.2 Å². The summed E-state index contributed by atoms with van der Waals surface area (Å²) >= 11 is 0. The van der Waals surface area contributed by atoms with Crippen LogP contribution in [0.4, 0.5) is 0 Å². The number of ether oxygens (including phenoxy) is 3. The van der Waals surface area contributed by atoms with Gasteiger partial charge in [0.1, 0.15) is 12.4 Å². The Morgan fingerprint density at radius 3 is 2.26 bits per heavy atom. The molecule has 0 spiro atoms. The first kappa shape index (κ1) is 25.3. The van der Waals surface area contributed by atoms with Crippen LogP contribution < -0.4 is 19.6 Å². The number of benzene rings is 3. The lowest BCUT2D eigenvalue weighted by molar-refractivity contribution is 0.0696. The van der Waals surface area contributed by atoms with Crippen LogP contribution in [-0.4, -0.2) is 36.4 Å². The average molecular weight is 477 g/mol. The molecule has 2 N–H and O–H groups in total. The van der Waals surface area contributed by atoms with Crippen molar-refractivity contribution >= 4 is 18.1 Å². The maximum absolute atomic E-state index is 12.5. The molecule has 1 amide bonds. The maximum Gasteiger partial charge on any atom is 0.335 e. The molecule has 182 valence electrons. The molecule has 0 bridgehead atoms. The summed E-state index contributed by atoms with van der Waals surface area (Å²) in [4.78, 5) is 23.4. The topological polar surface area (TPSA) is 106 Å². The van der Waals surface area contributed by atoms with E-state index >= 15 is 0 Å². The van der Waals surface area contributed by atoms with Crippen LogP contribution >= 0.6 is 0 Å². The van der Waals surface area contributed by atoms with E-state index in [0.29, 0.717) is 42.6 Å². The van der Waals surface area contributed by atoms with Gasteiger partial charge < -0.3 is 19.3 Å². The lowest BCUT2D eigenvalue weighted by atomic mass is 10.1. The van der Waals surface area contributed by atoms with Crippen molar-refractivity contribution in [3.63, 3.8) is 0 Å². The predicted molar refractivity (Wildman–Crippen MR) is 133 cm³/mol. The molecule has 8 nitrogen and oxygen atoms in total. The zero-order chi connectivity index (χ0) is 25.0. The van der Waals surface area contributed by atoms with Crippen molar-refractivity contribution in [3.05, 3.63) is 89.0 Å². The number of hydrogen-bond acceptors (Lipinski definition) is 6. The number of carboxylic acids is 1. The van der Waals surface area contributed by atoms with Gasteiger partial charge in [0.15, 0.2) is 11.5 Å². The second-order valence-electron chi connectivity index (χ2n) is 7.50. The molecular formula is C27H28N2O6. The van der Waals surface area contributed by atoms with Gasteiger partial charge >= 0.3 is 5.97 Å². The number of nitrogens with one attached hydrogen (secondary N) is 1. The van der Waals surface area contributed by atoms with Crippen LogP contribution in [0.2, 0.25) is 0 Å². The second kappa shape index (κ2) is 12.8. The number of carbonyl (C=O) groups excluding carboxylic acids is 1. The minimum Gasteiger partial charge on any atom is -0.490 e. The van der Waals surface area contributed by atoms with E-state index in [1.807, 2.05) is 26.0 Å². The third-order valence-corrected chi connectivity index (χ3v) is 4.83. The molecule has 0 aliphatic rings. The maximum atomic E-state index is 12.5. The SMILES string of the molecule is CCCOc1ccc(C(=O)N/N=C/c2ccc(OCc3ccc(C(=O)O)cc3)cc2)cc1OCC. The van der Waals surface area contributed by atoms with E-state index in [4.69, 9.17) is 19.3 Å². The van der Waals surface area contributed by atoms with E-state index in [2.05, 4.69) is 10.5 Å². The van der Waals surface area contributed by atoms with Crippen molar-refractivity contribution in [2.45, 2.75) is 26.9 Å². The standard InChI is InChI=1S/C27H28N2O6/c1-3-15-34-24-14-11-22(16-25(24)33-4-2)26(30)29-28-17-19-7-12-23(13-8-19)35-18-20-5-9-21(10-6-20)27(31)32/h5-14,16-17H,3-4,15,18H2,1-2H3,(H,29,30)(H,31,32)/b28-17+. The van der Waals surface area contributed by atoms with Crippen molar-refractivity contribution < 1.29 is 28.9 Å². The molecule has 0 fully saturated rings. The van der Waals surface area contributed by atoms with Gasteiger partial charge in [0.05, 0.1) is 25.0 Å². The Labute approximate surface area is 204 Å². The Morgan fingerprint density at radius 2 is 1.60 bits per heavy atom. The normalized spacial score (nSPS) is 10.7. The van der Waals surface area contributed by atoms with Crippen LogP contribution in [-0.2, 0) is 6.61 Å². The van der Waals surface area contributed by atoms with Gasteiger partial charge in [0.2, 0.25) is 0 Å². The Hall–Kier alpha value is -4.33. The molecule has 35 heavy (non-hydrogen) atoms. The van der Waals surface area contributed by atoms with E-state index in [1.54, 1.807) is 54.6 Å². The van der Waals surface area contributed by atoms with E-state index in [9.17, 15) is 9.59 Å². The van der Waals surface area contributed by atoms with E-state index < -0.39 is 5.97 Å². The fourth-order valence-corrected chi connectivity index (χ4v) is 3.04. The summed E-state index contributed by atoms with van der Waals surface area (Å²) in [6.45, 7) is 5.23. The molecule has 0 heterocycles. The van der Waals surface area contributed by atoms with Gasteiger partial charge in [-0.15, -0.1) is 0 Å². The minimum absolute atomic E-state index is 0.234. The van der Waals surface area contributed by atoms with Gasteiger partial charge in [-0.2, -0.15) is 5.10 Å². The van der Waals surface area contributed by atoms with Crippen LogP contribution in [0, 0.1) is 0 Å². The molecule has 3 aromatic carbocycles. The molecule has 0 unspecified atom stereocenters. The highest BCUT2D eigenvalue weighted by Gasteiger charge is 2.11. The van der Waals surface area contributed by atoms with E-state index in [0.717, 1.165) is 17.5 Å². The molecule has 3 rings (SSSR count). The zero-order valence-electron chi connectivity index (χ0n) is 19.7. The van der Waals surface area contributed by atoms with Gasteiger partial charge in [0.25, 0.3) is 5.91 Å². The molecule has 0 saturated carbocycles. The van der Waals surface area contributed by atoms with Crippen molar-refractivity contribution in [3.8, 4) is 17.2 Å². The molecule has 0 aliphatic heterocycles. The third kappa shape index (κ3) is 7.60. The van der Waals surface area contributed by atoms with Gasteiger partial charge in [-0.1, -0.05) is 19.1 Å². The third-order valence-electron chi connectivity index (χ3n) is 4.83. The Bertz CT molecular complexity index is 1160. The number of rotatable bonds is 12. The molecule has 0 aliphatic carbocycles. The summed E-state index contributed by atoms with van der Waals surface area (Å²) in [5.74, 6) is 0.455. The summed E-state index contributed by atoms with van der Waals surface area (Å²) in [6.07, 6.45) is 2.41. The van der Waals surface area contributed by atoms with Gasteiger partial charge in [0, 0.05) is 5.56 Å². The van der Waals surface area contributed by atoms with Crippen LogP contribution in [0.3, 0.4) is 0 Å². The van der Waals surface area contributed by atoms with Gasteiger partial charge in [-0.05, 0) is 79.1 Å². The van der Waals surface area contributed by atoms with Crippen LogP contribution in [0.15, 0.2) is 71.8 Å². The monoisotopic (exact) mass is 476 g/mol. The highest BCUT2D eigenvalue weighted by atomic mass is 16.5. The number of hydrazone groups is 1. The number of carboxylic acid groups (broad SMARTS) is 1. The summed E-state index contributed by atoms with van der Waals surface area (Å²) in [5.41, 5.74) is 4.80. The van der Waals surface area contributed by atoms with Crippen LogP contribution in [0.25, 0.3) is 0 Å². The second-order valence-corrected chi connectivity index (χ2v) is 7.50. The fourth-order valence-electron chi connectivity index (χ4n) is 3.04. The van der Waals surface area contributed by atoms with Gasteiger partial charge in [-0.25, -0.2) is 10.2 Å². The predicted octanol–water partition coefficient (Wildman–Crippen LogP) is 4.92. The smallest absolute Gasteiger partial charge is 0.335 e. The first-order valence-corrected chi connectivity index (χ1v) is 11.3. The largest absolute Gasteiger partial charge is 0.490 e. The average Bonchev–Trinajstić information content (AvgIpc) is 2.87. The van der Waals surface area contributed by atoms with Crippen LogP contribution in [0.5, 0.6) is 17.2 Å². The number of aromatic carboxylic acids is 1. The molecule has 8 heteroatoms. The molecule has 0 saturated heterocycles. The first-order valence-electron chi connectivity index (χ1n) is 11.3. The molecule has 0 aromatic heterocycles. The Kier molecular flexibility index (Phi) is 9.24. The zero-order valence-corrected chi connectivity index (χ0v) is 19.7. The van der Waals surface area contributed by atoms with Crippen LogP contribution in [0.1, 0.15) is 52.1 Å². The molecule has 3 aromatic rings. The van der Waals surface area contributed by atoms with E-state index in [-0.39, 0.29) is 11.5 Å².